The molecule has 2 N–H and O–H groups in total. The van der Waals surface area contributed by atoms with Crippen molar-refractivity contribution in [2.75, 3.05) is 26.2 Å². The Morgan fingerprint density at radius 3 is 2.67 bits per heavy atom. The minimum atomic E-state index is 0.251. The average Bonchev–Trinajstić information content (AvgIpc) is 2.12. The first-order valence-electron chi connectivity index (χ1n) is 5.79. The minimum absolute atomic E-state index is 0.251. The van der Waals surface area contributed by atoms with E-state index < -0.39 is 0 Å². The van der Waals surface area contributed by atoms with Gasteiger partial charge < -0.3 is 10.6 Å². The van der Waals surface area contributed by atoms with Crippen LogP contribution in [0.25, 0.3) is 0 Å². The summed E-state index contributed by atoms with van der Waals surface area (Å²) in [5, 5.41) is 0. The molecule has 1 fully saturated rings. The third kappa shape index (κ3) is 3.18. The summed E-state index contributed by atoms with van der Waals surface area (Å²) in [6.07, 6.45) is 0.974. The molecule has 4 nitrogen and oxygen atoms in total. The highest BCUT2D eigenvalue weighted by Crippen LogP contribution is 2.14. The Bertz CT molecular complexity index is 218. The van der Waals surface area contributed by atoms with E-state index in [2.05, 4.69) is 25.7 Å². The van der Waals surface area contributed by atoms with Gasteiger partial charge in [0.2, 0.25) is 5.91 Å². The van der Waals surface area contributed by atoms with Crippen LogP contribution >= 0.6 is 0 Å². The van der Waals surface area contributed by atoms with E-state index in [9.17, 15) is 4.79 Å². The van der Waals surface area contributed by atoms with Crippen molar-refractivity contribution in [3.05, 3.63) is 0 Å². The molecule has 1 heterocycles. The van der Waals surface area contributed by atoms with Crippen molar-refractivity contribution in [3.8, 4) is 0 Å². The molecule has 0 spiro atoms. The molecule has 0 aromatic carbocycles. The Hall–Kier alpha value is -0.610. The van der Waals surface area contributed by atoms with Gasteiger partial charge in [0.05, 0.1) is 6.54 Å². The summed E-state index contributed by atoms with van der Waals surface area (Å²) in [5.74, 6) is 0.251. The van der Waals surface area contributed by atoms with Gasteiger partial charge in [0, 0.05) is 18.6 Å². The number of carbonyl (C=O) groups excluding carboxylic acids is 1. The van der Waals surface area contributed by atoms with Crippen molar-refractivity contribution >= 4 is 5.91 Å². The maximum Gasteiger partial charge on any atom is 0.237 e. The number of rotatable bonds is 4. The summed E-state index contributed by atoms with van der Waals surface area (Å²) >= 11 is 0. The summed E-state index contributed by atoms with van der Waals surface area (Å²) < 4.78 is 0. The fourth-order valence-corrected chi connectivity index (χ4v) is 2.33. The monoisotopic (exact) mass is 213 g/mol. The van der Waals surface area contributed by atoms with Gasteiger partial charge in [-0.2, -0.15) is 0 Å². The summed E-state index contributed by atoms with van der Waals surface area (Å²) in [7, 11) is 0. The molecule has 0 aromatic heterocycles. The second-order valence-corrected chi connectivity index (χ2v) is 4.62. The zero-order valence-electron chi connectivity index (χ0n) is 10.1. The molecule has 4 heteroatoms. The quantitative estimate of drug-likeness (QED) is 0.729. The molecule has 15 heavy (non-hydrogen) atoms. The number of carbonyl (C=O) groups is 1. The first-order valence-corrected chi connectivity index (χ1v) is 5.79. The van der Waals surface area contributed by atoms with Gasteiger partial charge in [0.1, 0.15) is 0 Å². The van der Waals surface area contributed by atoms with E-state index in [1.165, 1.54) is 0 Å². The minimum Gasteiger partial charge on any atom is -0.335 e. The molecule has 1 aliphatic rings. The Kier molecular flexibility index (Phi) is 4.54. The van der Waals surface area contributed by atoms with Crippen molar-refractivity contribution in [3.63, 3.8) is 0 Å². The van der Waals surface area contributed by atoms with Crippen molar-refractivity contribution < 1.29 is 4.79 Å². The van der Waals surface area contributed by atoms with E-state index in [0.717, 1.165) is 19.5 Å². The highest BCUT2D eigenvalue weighted by molar-refractivity contribution is 5.79. The van der Waals surface area contributed by atoms with Gasteiger partial charge in [0.25, 0.3) is 0 Å². The van der Waals surface area contributed by atoms with Crippen LogP contribution in [0.2, 0.25) is 0 Å². The van der Waals surface area contributed by atoms with Crippen LogP contribution in [-0.2, 0) is 4.79 Å². The third-order valence-electron chi connectivity index (χ3n) is 2.88. The average molecular weight is 213 g/mol. The van der Waals surface area contributed by atoms with Crippen LogP contribution in [0.3, 0.4) is 0 Å². The number of nitrogens with zero attached hydrogens (tertiary/aromatic N) is 2. The number of amides is 1. The molecule has 0 bridgehead atoms. The molecule has 1 amide bonds. The lowest BCUT2D eigenvalue weighted by Crippen LogP contribution is -2.57. The molecular formula is C11H23N3O. The number of piperazine rings is 1. The summed E-state index contributed by atoms with van der Waals surface area (Å²) in [5.41, 5.74) is 5.47. The van der Waals surface area contributed by atoms with Gasteiger partial charge in [-0.3, -0.25) is 9.69 Å². The Balaban J connectivity index is 2.51. The standard InChI is InChI=1S/C11H23N3O/c1-9(2)14-10(3)7-13(6-4-5-12)8-11(14)15/h9-10H,4-8,12H2,1-3H3. The zero-order chi connectivity index (χ0) is 11.4. The highest BCUT2D eigenvalue weighted by atomic mass is 16.2. The normalized spacial score (nSPS) is 23.9. The third-order valence-corrected chi connectivity index (χ3v) is 2.88. The molecule has 1 saturated heterocycles. The molecule has 0 radical (unpaired) electrons. The fourth-order valence-electron chi connectivity index (χ4n) is 2.33. The molecule has 1 rings (SSSR count). The first-order chi connectivity index (χ1) is 7.06. The lowest BCUT2D eigenvalue weighted by Gasteiger charge is -2.41. The largest absolute Gasteiger partial charge is 0.335 e. The molecule has 1 aliphatic heterocycles. The van der Waals surface area contributed by atoms with Crippen LogP contribution in [0, 0.1) is 0 Å². The zero-order valence-corrected chi connectivity index (χ0v) is 10.1. The lowest BCUT2D eigenvalue weighted by molar-refractivity contribution is -0.141. The SMILES string of the molecule is CC(C)N1C(=O)CN(CCCN)CC1C. The molecular weight excluding hydrogens is 190 g/mol. The van der Waals surface area contributed by atoms with Gasteiger partial charge in [-0.25, -0.2) is 0 Å². The van der Waals surface area contributed by atoms with Gasteiger partial charge in [-0.05, 0) is 40.3 Å². The van der Waals surface area contributed by atoms with Crippen molar-refractivity contribution in [1.82, 2.24) is 9.80 Å². The van der Waals surface area contributed by atoms with Gasteiger partial charge >= 0.3 is 0 Å². The predicted molar refractivity (Wildman–Crippen MR) is 61.6 cm³/mol. The summed E-state index contributed by atoms with van der Waals surface area (Å²) in [6, 6.07) is 0.633. The Morgan fingerprint density at radius 1 is 1.53 bits per heavy atom. The van der Waals surface area contributed by atoms with Crippen LogP contribution in [0.5, 0.6) is 0 Å². The van der Waals surface area contributed by atoms with Crippen molar-refractivity contribution in [2.45, 2.75) is 39.3 Å². The fraction of sp³-hybridized carbons (Fsp3) is 0.909. The smallest absolute Gasteiger partial charge is 0.237 e. The lowest BCUT2D eigenvalue weighted by atomic mass is 10.1. The first kappa shape index (κ1) is 12.5. The highest BCUT2D eigenvalue weighted by Gasteiger charge is 2.30. The van der Waals surface area contributed by atoms with Gasteiger partial charge in [-0.15, -0.1) is 0 Å². The Morgan fingerprint density at radius 2 is 2.20 bits per heavy atom. The van der Waals surface area contributed by atoms with Gasteiger partial charge in [0.15, 0.2) is 0 Å². The van der Waals surface area contributed by atoms with Crippen LogP contribution in [0.4, 0.5) is 0 Å². The maximum absolute atomic E-state index is 11.9. The summed E-state index contributed by atoms with van der Waals surface area (Å²) in [6.45, 7) is 9.44. The van der Waals surface area contributed by atoms with E-state index in [1.807, 2.05) is 4.90 Å². The maximum atomic E-state index is 11.9. The molecule has 1 unspecified atom stereocenters. The summed E-state index contributed by atoms with van der Waals surface area (Å²) in [4.78, 5) is 16.1. The second kappa shape index (κ2) is 5.47. The topological polar surface area (TPSA) is 49.6 Å². The molecule has 88 valence electrons. The molecule has 1 atom stereocenters. The molecule has 0 aliphatic carbocycles. The molecule has 0 saturated carbocycles. The molecule has 0 aromatic rings. The number of hydrogen-bond donors (Lipinski definition) is 1. The van der Waals surface area contributed by atoms with Gasteiger partial charge in [-0.1, -0.05) is 0 Å². The van der Waals surface area contributed by atoms with E-state index in [-0.39, 0.29) is 5.91 Å². The van der Waals surface area contributed by atoms with Crippen molar-refractivity contribution in [1.29, 1.82) is 0 Å². The van der Waals surface area contributed by atoms with Crippen LogP contribution in [0.15, 0.2) is 0 Å². The van der Waals surface area contributed by atoms with E-state index in [1.54, 1.807) is 0 Å². The Labute approximate surface area is 92.4 Å². The van der Waals surface area contributed by atoms with Crippen LogP contribution in [-0.4, -0.2) is 54.0 Å². The number of hydrogen-bond acceptors (Lipinski definition) is 3. The van der Waals surface area contributed by atoms with Crippen molar-refractivity contribution in [2.24, 2.45) is 5.73 Å². The second-order valence-electron chi connectivity index (χ2n) is 4.62. The number of nitrogens with two attached hydrogens (primary N) is 1. The van der Waals surface area contributed by atoms with Crippen LogP contribution < -0.4 is 5.73 Å². The van der Waals surface area contributed by atoms with E-state index >= 15 is 0 Å². The van der Waals surface area contributed by atoms with Crippen LogP contribution in [0.1, 0.15) is 27.2 Å². The predicted octanol–water partition coefficient (Wildman–Crippen LogP) is 0.276. The van der Waals surface area contributed by atoms with E-state index in [4.69, 9.17) is 5.73 Å². The van der Waals surface area contributed by atoms with E-state index in [0.29, 0.717) is 25.2 Å².